The van der Waals surface area contributed by atoms with Crippen LogP contribution in [0.2, 0.25) is 0 Å². The average Bonchev–Trinajstić information content (AvgIpc) is 2.38. The normalized spacial score (nSPS) is 27.8. The second-order valence-corrected chi connectivity index (χ2v) is 6.39. The highest BCUT2D eigenvalue weighted by Crippen LogP contribution is 2.32. The third-order valence-electron chi connectivity index (χ3n) is 3.90. The van der Waals surface area contributed by atoms with Gasteiger partial charge in [-0.05, 0) is 25.9 Å². The van der Waals surface area contributed by atoms with Gasteiger partial charge in [0.2, 0.25) is 5.91 Å². The Bertz CT molecular complexity index is 342. The lowest BCUT2D eigenvalue weighted by Crippen LogP contribution is -2.56. The van der Waals surface area contributed by atoms with Crippen LogP contribution in [0.3, 0.4) is 0 Å². The molecule has 2 N–H and O–H groups in total. The number of nitrogens with zero attached hydrogens (tertiary/aromatic N) is 1. The molecule has 0 aromatic rings. The van der Waals surface area contributed by atoms with E-state index in [2.05, 4.69) is 5.32 Å². The summed E-state index contributed by atoms with van der Waals surface area (Å²) in [5, 5.41) is 12.5. The van der Waals surface area contributed by atoms with Crippen LogP contribution in [-0.4, -0.2) is 59.1 Å². The molecule has 1 unspecified atom stereocenters. The van der Waals surface area contributed by atoms with Gasteiger partial charge in [-0.1, -0.05) is 6.92 Å². The van der Waals surface area contributed by atoms with Crippen LogP contribution in [0, 0.1) is 5.41 Å². The molecule has 6 heteroatoms. The van der Waals surface area contributed by atoms with Gasteiger partial charge in [0.1, 0.15) is 6.04 Å². The van der Waals surface area contributed by atoms with Crippen molar-refractivity contribution in [3.05, 3.63) is 0 Å². The van der Waals surface area contributed by atoms with Crippen LogP contribution in [0.25, 0.3) is 0 Å². The lowest BCUT2D eigenvalue weighted by molar-refractivity contribution is -0.154. The van der Waals surface area contributed by atoms with Crippen LogP contribution in [0.15, 0.2) is 0 Å². The second kappa shape index (κ2) is 5.48. The van der Waals surface area contributed by atoms with Crippen LogP contribution in [0.1, 0.15) is 19.8 Å². The minimum Gasteiger partial charge on any atom is -0.480 e. The Balaban J connectivity index is 2.12. The topological polar surface area (TPSA) is 69.6 Å². The second-order valence-electron chi connectivity index (χ2n) is 5.24. The molecule has 0 aromatic heterocycles. The molecule has 0 aromatic carbocycles. The fraction of sp³-hybridized carbons (Fsp3) is 0.833. The molecule has 5 nitrogen and oxygen atoms in total. The molecular weight excluding hydrogens is 252 g/mol. The molecule has 18 heavy (non-hydrogen) atoms. The molecule has 0 saturated carbocycles. The predicted octanol–water partition coefficient (Wildman–Crippen LogP) is 0.405. The summed E-state index contributed by atoms with van der Waals surface area (Å²) in [7, 11) is 0. The number of carbonyl (C=O) groups is 2. The molecule has 1 atom stereocenters. The Labute approximate surface area is 111 Å². The van der Waals surface area contributed by atoms with E-state index >= 15 is 0 Å². The van der Waals surface area contributed by atoms with Crippen LogP contribution in [-0.2, 0) is 9.59 Å². The summed E-state index contributed by atoms with van der Waals surface area (Å²) in [6, 6.07) is -0.650. The van der Waals surface area contributed by atoms with E-state index in [0.717, 1.165) is 31.7 Å². The molecule has 2 heterocycles. The van der Waals surface area contributed by atoms with Gasteiger partial charge >= 0.3 is 5.97 Å². The summed E-state index contributed by atoms with van der Waals surface area (Å²) >= 11 is 1.61. The van der Waals surface area contributed by atoms with Gasteiger partial charge in [-0.2, -0.15) is 11.8 Å². The maximum absolute atomic E-state index is 12.6. The predicted molar refractivity (Wildman–Crippen MR) is 70.7 cm³/mol. The Morgan fingerprint density at radius 3 is 2.67 bits per heavy atom. The van der Waals surface area contributed by atoms with Crippen LogP contribution in [0.5, 0.6) is 0 Å². The fourth-order valence-electron chi connectivity index (χ4n) is 2.59. The fourth-order valence-corrected chi connectivity index (χ4v) is 3.63. The zero-order valence-corrected chi connectivity index (χ0v) is 11.5. The summed E-state index contributed by atoms with van der Waals surface area (Å²) in [6.07, 6.45) is 1.59. The van der Waals surface area contributed by atoms with E-state index in [1.807, 2.05) is 6.92 Å². The van der Waals surface area contributed by atoms with E-state index in [1.54, 1.807) is 16.7 Å². The number of aliphatic carboxylic acids is 1. The van der Waals surface area contributed by atoms with E-state index in [9.17, 15) is 14.7 Å². The monoisotopic (exact) mass is 272 g/mol. The van der Waals surface area contributed by atoms with Crippen molar-refractivity contribution in [2.75, 3.05) is 31.1 Å². The van der Waals surface area contributed by atoms with Gasteiger partial charge in [-0.15, -0.1) is 0 Å². The van der Waals surface area contributed by atoms with Crippen molar-refractivity contribution in [2.24, 2.45) is 5.41 Å². The third-order valence-corrected chi connectivity index (χ3v) is 4.92. The van der Waals surface area contributed by atoms with E-state index in [-0.39, 0.29) is 11.3 Å². The molecule has 2 fully saturated rings. The molecule has 2 saturated heterocycles. The maximum Gasteiger partial charge on any atom is 0.327 e. The van der Waals surface area contributed by atoms with Crippen LogP contribution in [0.4, 0.5) is 0 Å². The average molecular weight is 272 g/mol. The number of thioether (sulfide) groups is 1. The zero-order chi connectivity index (χ0) is 13.2. The highest BCUT2D eigenvalue weighted by atomic mass is 32.2. The Hall–Kier alpha value is -0.750. The summed E-state index contributed by atoms with van der Waals surface area (Å²) < 4.78 is 0. The Morgan fingerprint density at radius 2 is 2.06 bits per heavy atom. The van der Waals surface area contributed by atoms with Crippen molar-refractivity contribution in [1.82, 2.24) is 10.2 Å². The number of carbonyl (C=O) groups excluding carboxylic acids is 1. The number of carboxylic acids is 1. The Morgan fingerprint density at radius 1 is 1.39 bits per heavy atom. The van der Waals surface area contributed by atoms with Crippen molar-refractivity contribution in [3.63, 3.8) is 0 Å². The number of carboxylic acid groups (broad SMARTS) is 1. The number of hydrogen-bond donors (Lipinski definition) is 2. The van der Waals surface area contributed by atoms with E-state index in [0.29, 0.717) is 12.3 Å². The molecule has 102 valence electrons. The van der Waals surface area contributed by atoms with Gasteiger partial charge in [0, 0.05) is 23.5 Å². The van der Waals surface area contributed by atoms with Crippen molar-refractivity contribution in [3.8, 4) is 0 Å². The number of amides is 1. The number of rotatable bonds is 2. The largest absolute Gasteiger partial charge is 0.480 e. The van der Waals surface area contributed by atoms with Gasteiger partial charge in [0.15, 0.2) is 0 Å². The summed E-state index contributed by atoms with van der Waals surface area (Å²) in [6.45, 7) is 4.20. The van der Waals surface area contributed by atoms with Gasteiger partial charge in [0.05, 0.1) is 0 Å². The number of hydrogen-bond acceptors (Lipinski definition) is 4. The molecule has 1 amide bonds. The van der Waals surface area contributed by atoms with E-state index in [1.165, 1.54) is 0 Å². The van der Waals surface area contributed by atoms with Crippen molar-refractivity contribution >= 4 is 23.6 Å². The zero-order valence-electron chi connectivity index (χ0n) is 10.6. The maximum atomic E-state index is 12.6. The van der Waals surface area contributed by atoms with Crippen molar-refractivity contribution in [1.29, 1.82) is 0 Å². The minimum absolute atomic E-state index is 0.0247. The first kappa shape index (κ1) is 13.7. The summed E-state index contributed by atoms with van der Waals surface area (Å²) in [4.78, 5) is 25.4. The molecule has 2 rings (SSSR count). The summed E-state index contributed by atoms with van der Waals surface area (Å²) in [5.74, 6) is 0.490. The highest BCUT2D eigenvalue weighted by Gasteiger charge is 2.42. The van der Waals surface area contributed by atoms with E-state index in [4.69, 9.17) is 0 Å². The van der Waals surface area contributed by atoms with Crippen LogP contribution >= 0.6 is 11.8 Å². The van der Waals surface area contributed by atoms with Gasteiger partial charge in [-0.3, -0.25) is 4.79 Å². The van der Waals surface area contributed by atoms with Gasteiger partial charge in [-0.25, -0.2) is 4.79 Å². The van der Waals surface area contributed by atoms with Gasteiger partial charge < -0.3 is 15.3 Å². The summed E-state index contributed by atoms with van der Waals surface area (Å²) in [5.41, 5.74) is -0.388. The minimum atomic E-state index is -0.881. The highest BCUT2D eigenvalue weighted by molar-refractivity contribution is 7.99. The lowest BCUT2D eigenvalue weighted by atomic mass is 9.79. The quantitative estimate of drug-likeness (QED) is 0.762. The SMILES string of the molecule is CC1(C(=O)N2CCSCC2C(=O)O)CCNCC1. The number of nitrogens with one attached hydrogen (secondary N) is 1. The van der Waals surface area contributed by atoms with Crippen molar-refractivity contribution < 1.29 is 14.7 Å². The van der Waals surface area contributed by atoms with Gasteiger partial charge in [0.25, 0.3) is 0 Å². The molecule has 0 bridgehead atoms. The first-order chi connectivity index (χ1) is 8.54. The molecule has 2 aliphatic heterocycles. The molecule has 0 radical (unpaired) electrons. The standard InChI is InChI=1S/C12H20N2O3S/c1-12(2-4-13-5-3-12)11(17)14-6-7-18-8-9(14)10(15)16/h9,13H,2-8H2,1H3,(H,15,16). The number of piperidine rings is 1. The molecule has 0 spiro atoms. The first-order valence-electron chi connectivity index (χ1n) is 6.37. The Kier molecular flexibility index (Phi) is 4.17. The molecular formula is C12H20N2O3S. The third kappa shape index (κ3) is 2.64. The van der Waals surface area contributed by atoms with Crippen molar-refractivity contribution in [2.45, 2.75) is 25.8 Å². The lowest BCUT2D eigenvalue weighted by Gasteiger charge is -2.41. The van der Waals surface area contributed by atoms with E-state index < -0.39 is 12.0 Å². The molecule has 2 aliphatic rings. The van der Waals surface area contributed by atoms with Crippen LogP contribution < -0.4 is 5.32 Å². The first-order valence-corrected chi connectivity index (χ1v) is 7.52. The smallest absolute Gasteiger partial charge is 0.327 e. The molecule has 0 aliphatic carbocycles.